The number of hydrogen-bond acceptors (Lipinski definition) is 2. The molecule has 1 amide bonds. The molecule has 1 aromatic carbocycles. The van der Waals surface area contributed by atoms with Crippen molar-refractivity contribution in [3.05, 3.63) is 27.7 Å². The molecule has 1 aliphatic heterocycles. The molecule has 1 heterocycles. The summed E-state index contributed by atoms with van der Waals surface area (Å²) in [6, 6.07) is 4.00. The first kappa shape index (κ1) is 10.6. The highest BCUT2D eigenvalue weighted by Gasteiger charge is 2.26. The van der Waals surface area contributed by atoms with E-state index in [9.17, 15) is 4.79 Å². The number of hydrogen-bond donors (Lipinski definition) is 2. The Morgan fingerprint density at radius 2 is 2.33 bits per heavy atom. The Hall–Kier alpha value is -0.870. The zero-order valence-electron chi connectivity index (χ0n) is 8.51. The molecule has 3 N–H and O–H groups in total. The third kappa shape index (κ3) is 1.79. The maximum absolute atomic E-state index is 11.5. The number of benzene rings is 1. The molecule has 0 saturated carbocycles. The number of halogens is 1. The Morgan fingerprint density at radius 1 is 1.60 bits per heavy atom. The van der Waals surface area contributed by atoms with Crippen LogP contribution in [-0.2, 0) is 4.79 Å². The average Bonchev–Trinajstić information content (AvgIpc) is 2.22. The van der Waals surface area contributed by atoms with Gasteiger partial charge in [-0.25, -0.2) is 0 Å². The Balaban J connectivity index is 2.59. The first-order valence-electron chi connectivity index (χ1n) is 4.92. The van der Waals surface area contributed by atoms with Gasteiger partial charge in [0.2, 0.25) is 5.91 Å². The summed E-state index contributed by atoms with van der Waals surface area (Å²) in [7, 11) is 0. The highest BCUT2D eigenvalue weighted by molar-refractivity contribution is 9.10. The standard InChI is InChI=1S/C11H13BrN2O/c1-6-2-3-8(12)10-7(5-13)4-9(15)14-11(6)10/h2-3,7H,4-5,13H2,1H3,(H,14,15). The Kier molecular flexibility index (Phi) is 2.80. The van der Waals surface area contributed by atoms with Crippen LogP contribution in [0.25, 0.3) is 0 Å². The fourth-order valence-corrected chi connectivity index (χ4v) is 2.64. The largest absolute Gasteiger partial charge is 0.330 e. The highest BCUT2D eigenvalue weighted by atomic mass is 79.9. The number of anilines is 1. The van der Waals surface area contributed by atoms with Gasteiger partial charge in [-0.3, -0.25) is 4.79 Å². The van der Waals surface area contributed by atoms with Crippen LogP contribution in [0.2, 0.25) is 0 Å². The minimum atomic E-state index is 0.0548. The fraction of sp³-hybridized carbons (Fsp3) is 0.364. The first-order valence-corrected chi connectivity index (χ1v) is 5.71. The van der Waals surface area contributed by atoms with E-state index in [0.717, 1.165) is 21.3 Å². The van der Waals surface area contributed by atoms with E-state index in [2.05, 4.69) is 21.2 Å². The van der Waals surface area contributed by atoms with E-state index in [0.29, 0.717) is 13.0 Å². The molecule has 1 unspecified atom stereocenters. The van der Waals surface area contributed by atoms with Gasteiger partial charge in [0.15, 0.2) is 0 Å². The van der Waals surface area contributed by atoms with E-state index < -0.39 is 0 Å². The molecule has 1 atom stereocenters. The maximum Gasteiger partial charge on any atom is 0.225 e. The topological polar surface area (TPSA) is 55.1 Å². The van der Waals surface area contributed by atoms with E-state index in [-0.39, 0.29) is 11.8 Å². The number of aryl methyl sites for hydroxylation is 1. The van der Waals surface area contributed by atoms with E-state index in [1.54, 1.807) is 0 Å². The Morgan fingerprint density at radius 3 is 3.00 bits per heavy atom. The van der Waals surface area contributed by atoms with Gasteiger partial charge in [-0.05, 0) is 30.7 Å². The lowest BCUT2D eigenvalue weighted by Crippen LogP contribution is -2.28. The quantitative estimate of drug-likeness (QED) is 0.820. The van der Waals surface area contributed by atoms with Crippen LogP contribution in [0.4, 0.5) is 5.69 Å². The van der Waals surface area contributed by atoms with Gasteiger partial charge < -0.3 is 11.1 Å². The van der Waals surface area contributed by atoms with Crippen molar-refractivity contribution >= 4 is 27.5 Å². The average molecular weight is 269 g/mol. The monoisotopic (exact) mass is 268 g/mol. The van der Waals surface area contributed by atoms with Crippen molar-refractivity contribution in [3.63, 3.8) is 0 Å². The van der Waals surface area contributed by atoms with Gasteiger partial charge >= 0.3 is 0 Å². The summed E-state index contributed by atoms with van der Waals surface area (Å²) in [6.45, 7) is 2.49. The van der Waals surface area contributed by atoms with Gasteiger partial charge in [0.1, 0.15) is 0 Å². The molecule has 0 aromatic heterocycles. The zero-order valence-corrected chi connectivity index (χ0v) is 10.1. The van der Waals surface area contributed by atoms with Crippen molar-refractivity contribution < 1.29 is 4.79 Å². The van der Waals surface area contributed by atoms with Crippen LogP contribution in [0.15, 0.2) is 16.6 Å². The fourth-order valence-electron chi connectivity index (χ4n) is 1.99. The van der Waals surface area contributed by atoms with Gasteiger partial charge in [-0.15, -0.1) is 0 Å². The first-order chi connectivity index (χ1) is 7.13. The lowest BCUT2D eigenvalue weighted by atomic mass is 9.89. The molecule has 80 valence electrons. The second-order valence-corrected chi connectivity index (χ2v) is 4.69. The molecular weight excluding hydrogens is 256 g/mol. The van der Waals surface area contributed by atoms with Crippen molar-refractivity contribution in [1.82, 2.24) is 0 Å². The number of carbonyl (C=O) groups excluding carboxylic acids is 1. The summed E-state index contributed by atoms with van der Waals surface area (Å²) >= 11 is 3.51. The van der Waals surface area contributed by atoms with Crippen molar-refractivity contribution in [3.8, 4) is 0 Å². The lowest BCUT2D eigenvalue weighted by Gasteiger charge is -2.27. The molecule has 0 saturated heterocycles. The van der Waals surface area contributed by atoms with Gasteiger partial charge in [0, 0.05) is 22.5 Å². The third-order valence-electron chi connectivity index (χ3n) is 2.79. The molecule has 4 heteroatoms. The molecule has 2 rings (SSSR count). The minimum absolute atomic E-state index is 0.0548. The molecule has 0 radical (unpaired) electrons. The van der Waals surface area contributed by atoms with Crippen molar-refractivity contribution in [2.24, 2.45) is 5.73 Å². The summed E-state index contributed by atoms with van der Waals surface area (Å²) in [5, 5.41) is 2.91. The second-order valence-electron chi connectivity index (χ2n) is 3.84. The molecule has 0 fully saturated rings. The molecule has 0 bridgehead atoms. The molecular formula is C11H13BrN2O. The molecule has 1 aliphatic rings. The van der Waals surface area contributed by atoms with Crippen molar-refractivity contribution in [1.29, 1.82) is 0 Å². The Bertz CT molecular complexity index is 417. The lowest BCUT2D eigenvalue weighted by molar-refractivity contribution is -0.116. The van der Waals surface area contributed by atoms with Gasteiger partial charge in [-0.1, -0.05) is 22.0 Å². The molecule has 0 spiro atoms. The zero-order chi connectivity index (χ0) is 11.0. The van der Waals surface area contributed by atoms with Crippen LogP contribution in [0, 0.1) is 6.92 Å². The second kappa shape index (κ2) is 3.94. The summed E-state index contributed by atoms with van der Waals surface area (Å²) in [6.07, 6.45) is 0.478. The summed E-state index contributed by atoms with van der Waals surface area (Å²) in [5.74, 6) is 0.183. The summed E-state index contributed by atoms with van der Waals surface area (Å²) in [4.78, 5) is 11.5. The SMILES string of the molecule is Cc1ccc(Br)c2c1NC(=O)CC2CN. The number of fused-ring (bicyclic) bond motifs is 1. The highest BCUT2D eigenvalue weighted by Crippen LogP contribution is 2.38. The van der Waals surface area contributed by atoms with E-state index in [4.69, 9.17) is 5.73 Å². The van der Waals surface area contributed by atoms with Crippen LogP contribution in [0.5, 0.6) is 0 Å². The van der Waals surface area contributed by atoms with Gasteiger partial charge in [-0.2, -0.15) is 0 Å². The van der Waals surface area contributed by atoms with Crippen LogP contribution < -0.4 is 11.1 Å². The van der Waals surface area contributed by atoms with E-state index >= 15 is 0 Å². The molecule has 1 aromatic rings. The van der Waals surface area contributed by atoms with E-state index in [1.807, 2.05) is 19.1 Å². The minimum Gasteiger partial charge on any atom is -0.330 e. The van der Waals surface area contributed by atoms with E-state index in [1.165, 1.54) is 0 Å². The Labute approximate surface area is 97.2 Å². The van der Waals surface area contributed by atoms with Crippen LogP contribution in [0.1, 0.15) is 23.5 Å². The number of rotatable bonds is 1. The third-order valence-corrected chi connectivity index (χ3v) is 3.48. The van der Waals surface area contributed by atoms with Crippen LogP contribution in [0.3, 0.4) is 0 Å². The smallest absolute Gasteiger partial charge is 0.225 e. The molecule has 3 nitrogen and oxygen atoms in total. The normalized spacial score (nSPS) is 19.7. The van der Waals surface area contributed by atoms with Gasteiger partial charge in [0.05, 0.1) is 0 Å². The molecule has 0 aliphatic carbocycles. The number of amides is 1. The predicted molar refractivity (Wildman–Crippen MR) is 63.9 cm³/mol. The predicted octanol–water partition coefficient (Wildman–Crippen LogP) is 2.14. The van der Waals surface area contributed by atoms with Crippen LogP contribution in [-0.4, -0.2) is 12.5 Å². The number of nitrogens with two attached hydrogens (primary N) is 1. The van der Waals surface area contributed by atoms with Crippen molar-refractivity contribution in [2.45, 2.75) is 19.3 Å². The molecule has 15 heavy (non-hydrogen) atoms. The van der Waals surface area contributed by atoms with Crippen LogP contribution >= 0.6 is 15.9 Å². The summed E-state index contributed by atoms with van der Waals surface area (Å²) in [5.41, 5.74) is 8.84. The summed E-state index contributed by atoms with van der Waals surface area (Å²) < 4.78 is 1.03. The number of carbonyl (C=O) groups is 1. The maximum atomic E-state index is 11.5. The van der Waals surface area contributed by atoms with Gasteiger partial charge in [0.25, 0.3) is 0 Å². The van der Waals surface area contributed by atoms with Crippen molar-refractivity contribution in [2.75, 3.05) is 11.9 Å². The number of nitrogens with one attached hydrogen (secondary N) is 1.